The number of aryl methyl sites for hydroxylation is 1. The molecule has 0 spiro atoms. The van der Waals surface area contributed by atoms with Crippen LogP contribution in [0, 0.1) is 6.92 Å². The second-order valence-corrected chi connectivity index (χ2v) is 10.9. The molecular weight excluding hydrogens is 440 g/mol. The number of halogens is 3. The molecular formula is C28H20F3OP. The van der Waals surface area contributed by atoms with Gasteiger partial charge in [0.2, 0.25) is 0 Å². The zero-order valence-corrected chi connectivity index (χ0v) is 18.7. The van der Waals surface area contributed by atoms with Crippen LogP contribution in [-0.4, -0.2) is 0 Å². The van der Waals surface area contributed by atoms with Gasteiger partial charge < -0.3 is 4.57 Å². The van der Waals surface area contributed by atoms with Crippen molar-refractivity contribution in [2.45, 2.75) is 13.1 Å². The average molecular weight is 460 g/mol. The standard InChI is InChI=1S/C28H20F3OP/c1-19-10-14-22(15-11-19)33(32,23-16-12-21(13-17-23)28(29,30)31)27-18-20-6-2-3-7-24(20)25-8-4-5-9-26(25)27/h2-18H,1H3. The molecule has 0 aliphatic rings. The highest BCUT2D eigenvalue weighted by molar-refractivity contribution is 7.85. The molecule has 1 nitrogen and oxygen atoms in total. The van der Waals surface area contributed by atoms with E-state index in [2.05, 4.69) is 0 Å². The smallest absolute Gasteiger partial charge is 0.309 e. The molecule has 0 aromatic heterocycles. The summed E-state index contributed by atoms with van der Waals surface area (Å²) in [6.45, 7) is 1.94. The van der Waals surface area contributed by atoms with Gasteiger partial charge in [-0.2, -0.15) is 13.2 Å². The van der Waals surface area contributed by atoms with E-state index in [1.807, 2.05) is 85.8 Å². The summed E-state index contributed by atoms with van der Waals surface area (Å²) < 4.78 is 54.7. The van der Waals surface area contributed by atoms with E-state index in [1.54, 1.807) is 0 Å². The minimum absolute atomic E-state index is 0.375. The second-order valence-electron chi connectivity index (χ2n) is 8.15. The molecule has 0 bridgehead atoms. The second kappa shape index (κ2) is 7.90. The number of alkyl halides is 3. The molecule has 5 heteroatoms. The summed E-state index contributed by atoms with van der Waals surface area (Å²) in [5.74, 6) is 0. The summed E-state index contributed by atoms with van der Waals surface area (Å²) >= 11 is 0. The predicted molar refractivity (Wildman–Crippen MR) is 131 cm³/mol. The number of hydrogen-bond acceptors (Lipinski definition) is 1. The van der Waals surface area contributed by atoms with Gasteiger partial charge in [0.25, 0.3) is 0 Å². The first-order chi connectivity index (χ1) is 15.8. The molecule has 0 fully saturated rings. The Hall–Kier alpha value is -3.36. The van der Waals surface area contributed by atoms with E-state index in [0.29, 0.717) is 15.9 Å². The highest BCUT2D eigenvalue weighted by Gasteiger charge is 2.34. The van der Waals surface area contributed by atoms with Crippen LogP contribution in [0.4, 0.5) is 13.2 Å². The summed E-state index contributed by atoms with van der Waals surface area (Å²) in [7, 11) is -3.49. The highest BCUT2D eigenvalue weighted by atomic mass is 31.2. The Morgan fingerprint density at radius 3 is 1.76 bits per heavy atom. The van der Waals surface area contributed by atoms with Gasteiger partial charge >= 0.3 is 6.18 Å². The van der Waals surface area contributed by atoms with Crippen molar-refractivity contribution in [3.63, 3.8) is 0 Å². The van der Waals surface area contributed by atoms with Gasteiger partial charge in [0.1, 0.15) is 0 Å². The van der Waals surface area contributed by atoms with Gasteiger partial charge in [0.15, 0.2) is 7.14 Å². The maximum absolute atomic E-state index is 15.1. The molecule has 33 heavy (non-hydrogen) atoms. The van der Waals surface area contributed by atoms with Crippen LogP contribution in [0.3, 0.4) is 0 Å². The Morgan fingerprint density at radius 2 is 1.15 bits per heavy atom. The van der Waals surface area contributed by atoms with Gasteiger partial charge in [0, 0.05) is 15.9 Å². The number of rotatable bonds is 3. The quantitative estimate of drug-likeness (QED) is 0.210. The Kier molecular flexibility index (Phi) is 5.14. The SMILES string of the molecule is Cc1ccc(P(=O)(c2ccc(C(F)(F)F)cc2)c2cc3ccccc3c3ccccc23)cc1. The third-order valence-electron chi connectivity index (χ3n) is 6.04. The minimum atomic E-state index is -4.46. The van der Waals surface area contributed by atoms with Crippen molar-refractivity contribution in [1.29, 1.82) is 0 Å². The van der Waals surface area contributed by atoms with Crippen LogP contribution in [-0.2, 0) is 10.7 Å². The van der Waals surface area contributed by atoms with Crippen molar-refractivity contribution in [3.05, 3.63) is 114 Å². The highest BCUT2D eigenvalue weighted by Crippen LogP contribution is 2.46. The topological polar surface area (TPSA) is 17.1 Å². The third kappa shape index (κ3) is 3.65. The zero-order valence-electron chi connectivity index (χ0n) is 17.8. The zero-order chi connectivity index (χ0) is 23.2. The monoisotopic (exact) mass is 460 g/mol. The lowest BCUT2D eigenvalue weighted by atomic mass is 10.0. The van der Waals surface area contributed by atoms with Gasteiger partial charge in [0.05, 0.1) is 5.56 Å². The fourth-order valence-electron chi connectivity index (χ4n) is 4.34. The van der Waals surface area contributed by atoms with Crippen molar-refractivity contribution < 1.29 is 17.7 Å². The first kappa shape index (κ1) is 21.5. The largest absolute Gasteiger partial charge is 0.416 e. The van der Waals surface area contributed by atoms with Crippen molar-refractivity contribution in [2.75, 3.05) is 0 Å². The van der Waals surface area contributed by atoms with Crippen LogP contribution in [0.1, 0.15) is 11.1 Å². The first-order valence-electron chi connectivity index (χ1n) is 10.5. The molecule has 5 aromatic carbocycles. The maximum Gasteiger partial charge on any atom is 0.416 e. The number of hydrogen-bond donors (Lipinski definition) is 0. The molecule has 0 saturated carbocycles. The van der Waals surface area contributed by atoms with Crippen LogP contribution >= 0.6 is 7.14 Å². The van der Waals surface area contributed by atoms with E-state index in [1.165, 1.54) is 12.1 Å². The molecule has 0 N–H and O–H groups in total. The Labute approximate surface area is 189 Å². The molecule has 0 aliphatic carbocycles. The van der Waals surface area contributed by atoms with E-state index in [9.17, 15) is 13.2 Å². The maximum atomic E-state index is 15.1. The molecule has 1 unspecified atom stereocenters. The predicted octanol–water partition coefficient (Wildman–Crippen LogP) is 6.96. The fraction of sp³-hybridized carbons (Fsp3) is 0.0714. The van der Waals surface area contributed by atoms with Crippen LogP contribution in [0.2, 0.25) is 0 Å². The van der Waals surface area contributed by atoms with Crippen LogP contribution in [0.5, 0.6) is 0 Å². The Balaban J connectivity index is 1.87. The molecule has 0 aliphatic heterocycles. The van der Waals surface area contributed by atoms with E-state index in [4.69, 9.17) is 0 Å². The molecule has 5 rings (SSSR count). The van der Waals surface area contributed by atoms with Crippen molar-refractivity contribution in [2.24, 2.45) is 0 Å². The van der Waals surface area contributed by atoms with Crippen LogP contribution in [0.25, 0.3) is 21.5 Å². The molecule has 1 atom stereocenters. The molecule has 0 radical (unpaired) electrons. The van der Waals surface area contributed by atoms with Crippen LogP contribution in [0.15, 0.2) is 103 Å². The first-order valence-corrected chi connectivity index (χ1v) is 12.3. The Bertz CT molecular complexity index is 1520. The number of fused-ring (bicyclic) bond motifs is 3. The van der Waals surface area contributed by atoms with Gasteiger partial charge in [-0.05, 0) is 46.7 Å². The Morgan fingerprint density at radius 1 is 0.636 bits per heavy atom. The minimum Gasteiger partial charge on any atom is -0.309 e. The van der Waals surface area contributed by atoms with E-state index in [0.717, 1.165) is 39.2 Å². The third-order valence-corrected chi connectivity index (χ3v) is 9.14. The molecule has 0 heterocycles. The van der Waals surface area contributed by atoms with Crippen LogP contribution < -0.4 is 15.9 Å². The van der Waals surface area contributed by atoms with Gasteiger partial charge in [-0.25, -0.2) is 0 Å². The molecule has 5 aromatic rings. The summed E-state index contributed by atoms with van der Waals surface area (Å²) in [5, 5.41) is 5.36. The lowest BCUT2D eigenvalue weighted by Crippen LogP contribution is -2.26. The van der Waals surface area contributed by atoms with Crippen molar-refractivity contribution in [1.82, 2.24) is 0 Å². The summed E-state index contributed by atoms with van der Waals surface area (Å²) in [6, 6.07) is 29.7. The summed E-state index contributed by atoms with van der Waals surface area (Å²) in [6.07, 6.45) is -4.46. The molecule has 0 saturated heterocycles. The van der Waals surface area contributed by atoms with Gasteiger partial charge in [-0.1, -0.05) is 90.5 Å². The lowest BCUT2D eigenvalue weighted by Gasteiger charge is -2.23. The molecule has 0 amide bonds. The van der Waals surface area contributed by atoms with Crippen molar-refractivity contribution in [3.8, 4) is 0 Å². The molecule has 164 valence electrons. The fourth-order valence-corrected chi connectivity index (χ4v) is 7.18. The normalized spacial score (nSPS) is 13.8. The van der Waals surface area contributed by atoms with E-state index >= 15 is 4.57 Å². The average Bonchev–Trinajstić information content (AvgIpc) is 2.83. The van der Waals surface area contributed by atoms with Gasteiger partial charge in [-0.15, -0.1) is 0 Å². The summed E-state index contributed by atoms with van der Waals surface area (Å²) in [4.78, 5) is 0. The van der Waals surface area contributed by atoms with E-state index in [-0.39, 0.29) is 0 Å². The van der Waals surface area contributed by atoms with Gasteiger partial charge in [-0.3, -0.25) is 0 Å². The summed E-state index contributed by atoms with van der Waals surface area (Å²) in [5.41, 5.74) is 0.256. The lowest BCUT2D eigenvalue weighted by molar-refractivity contribution is -0.137. The van der Waals surface area contributed by atoms with Crippen molar-refractivity contribution >= 4 is 44.6 Å². The number of benzene rings is 5. The van der Waals surface area contributed by atoms with E-state index < -0.39 is 18.9 Å².